The number of fused-ring (bicyclic) bond motifs is 2. The number of ether oxygens (including phenoxy) is 2. The van der Waals surface area contributed by atoms with Crippen LogP contribution in [-0.4, -0.2) is 28.8 Å². The van der Waals surface area contributed by atoms with Crippen LogP contribution < -0.4 is 14.8 Å². The molecule has 2 aromatic carbocycles. The molecule has 30 heavy (non-hydrogen) atoms. The third kappa shape index (κ3) is 3.03. The lowest BCUT2D eigenvalue weighted by molar-refractivity contribution is 0.415. The van der Waals surface area contributed by atoms with Crippen molar-refractivity contribution in [3.8, 4) is 22.8 Å². The number of hydrogen-bond acceptors (Lipinski definition) is 4. The van der Waals surface area contributed by atoms with Crippen molar-refractivity contribution in [3.05, 3.63) is 67.0 Å². The summed E-state index contributed by atoms with van der Waals surface area (Å²) in [5, 5.41) is 5.65. The molecular formula is C24H22N4O2. The number of pyridine rings is 1. The Morgan fingerprint density at radius 2 is 1.67 bits per heavy atom. The van der Waals surface area contributed by atoms with E-state index in [1.54, 1.807) is 20.4 Å². The van der Waals surface area contributed by atoms with Crippen LogP contribution in [0.3, 0.4) is 0 Å². The average Bonchev–Trinajstić information content (AvgIpc) is 3.36. The molecule has 0 radical (unpaired) electrons. The molecule has 3 aromatic heterocycles. The highest BCUT2D eigenvalue weighted by molar-refractivity contribution is 6.01. The number of nitrogens with one attached hydrogen (secondary N) is 2. The molecule has 0 saturated carbocycles. The van der Waals surface area contributed by atoms with E-state index in [0.717, 1.165) is 56.1 Å². The van der Waals surface area contributed by atoms with Crippen LogP contribution in [-0.2, 0) is 7.05 Å². The summed E-state index contributed by atoms with van der Waals surface area (Å²) < 4.78 is 12.8. The first-order valence-corrected chi connectivity index (χ1v) is 9.68. The Balaban J connectivity index is 1.59. The summed E-state index contributed by atoms with van der Waals surface area (Å²) in [5.41, 5.74) is 6.09. The Morgan fingerprint density at radius 3 is 2.43 bits per heavy atom. The van der Waals surface area contributed by atoms with Gasteiger partial charge in [0.1, 0.15) is 17.1 Å². The second-order valence-corrected chi connectivity index (χ2v) is 7.19. The summed E-state index contributed by atoms with van der Waals surface area (Å²) in [6.07, 6.45) is 3.94. The number of aromatic nitrogens is 3. The molecule has 0 saturated heterocycles. The third-order valence-corrected chi connectivity index (χ3v) is 5.39. The SMILES string of the molecule is COc1ccc(Nc2ccnc3[nH]c(-c4cn(C)c5ccc(OC)cc45)cc23)cc1. The normalized spacial score (nSPS) is 11.2. The van der Waals surface area contributed by atoms with Gasteiger partial charge >= 0.3 is 0 Å². The molecule has 5 rings (SSSR count). The van der Waals surface area contributed by atoms with Gasteiger partial charge in [0.05, 0.1) is 19.9 Å². The van der Waals surface area contributed by atoms with Gasteiger partial charge in [-0.1, -0.05) is 0 Å². The Labute approximate surface area is 174 Å². The molecule has 0 fully saturated rings. The molecule has 0 atom stereocenters. The molecule has 0 aliphatic rings. The van der Waals surface area contributed by atoms with Gasteiger partial charge in [-0.3, -0.25) is 0 Å². The summed E-state index contributed by atoms with van der Waals surface area (Å²) in [4.78, 5) is 8.00. The lowest BCUT2D eigenvalue weighted by atomic mass is 10.1. The maximum absolute atomic E-state index is 5.43. The minimum absolute atomic E-state index is 0.829. The van der Waals surface area contributed by atoms with Crippen LogP contribution in [0.1, 0.15) is 0 Å². The van der Waals surface area contributed by atoms with Crippen LogP contribution in [0.25, 0.3) is 33.2 Å². The minimum Gasteiger partial charge on any atom is -0.497 e. The van der Waals surface area contributed by atoms with Crippen LogP contribution >= 0.6 is 0 Å². The van der Waals surface area contributed by atoms with Crippen molar-refractivity contribution < 1.29 is 9.47 Å². The lowest BCUT2D eigenvalue weighted by Crippen LogP contribution is -1.91. The number of aromatic amines is 1. The van der Waals surface area contributed by atoms with E-state index in [2.05, 4.69) is 51.3 Å². The van der Waals surface area contributed by atoms with Gasteiger partial charge in [0, 0.05) is 52.7 Å². The zero-order chi connectivity index (χ0) is 20.7. The topological polar surface area (TPSA) is 64.1 Å². The summed E-state index contributed by atoms with van der Waals surface area (Å²) >= 11 is 0. The highest BCUT2D eigenvalue weighted by Crippen LogP contribution is 2.35. The number of methoxy groups -OCH3 is 2. The summed E-state index contributed by atoms with van der Waals surface area (Å²) in [7, 11) is 5.41. The molecule has 0 unspecified atom stereocenters. The van der Waals surface area contributed by atoms with Gasteiger partial charge in [-0.25, -0.2) is 4.98 Å². The van der Waals surface area contributed by atoms with Crippen molar-refractivity contribution in [1.29, 1.82) is 0 Å². The number of anilines is 2. The van der Waals surface area contributed by atoms with Gasteiger partial charge in [0.15, 0.2) is 0 Å². The van der Waals surface area contributed by atoms with Gasteiger partial charge in [-0.15, -0.1) is 0 Å². The quantitative estimate of drug-likeness (QED) is 0.411. The molecule has 0 aliphatic heterocycles. The molecule has 0 bridgehead atoms. The second kappa shape index (κ2) is 7.15. The number of aryl methyl sites for hydroxylation is 1. The standard InChI is InChI=1S/C24H22N4O2/c1-28-14-20(18-12-17(30-3)8-9-23(18)28)22-13-19-21(10-11-25-24(19)27-22)26-15-4-6-16(29-2)7-5-15/h4-14H,1-3H3,(H2,25,26,27). The van der Waals surface area contributed by atoms with Crippen molar-refractivity contribution in [2.45, 2.75) is 0 Å². The van der Waals surface area contributed by atoms with E-state index < -0.39 is 0 Å². The Morgan fingerprint density at radius 1 is 0.900 bits per heavy atom. The van der Waals surface area contributed by atoms with Crippen molar-refractivity contribution in [2.24, 2.45) is 7.05 Å². The molecule has 150 valence electrons. The maximum Gasteiger partial charge on any atom is 0.139 e. The monoisotopic (exact) mass is 398 g/mol. The van der Waals surface area contributed by atoms with E-state index in [9.17, 15) is 0 Å². The molecule has 3 heterocycles. The van der Waals surface area contributed by atoms with Crippen LogP contribution in [0.4, 0.5) is 11.4 Å². The predicted molar refractivity (Wildman–Crippen MR) is 121 cm³/mol. The molecule has 0 spiro atoms. The molecule has 2 N–H and O–H groups in total. The van der Waals surface area contributed by atoms with Gasteiger partial charge in [-0.05, 0) is 54.6 Å². The number of rotatable bonds is 5. The van der Waals surface area contributed by atoms with E-state index in [4.69, 9.17) is 9.47 Å². The van der Waals surface area contributed by atoms with Crippen LogP contribution in [0.15, 0.2) is 67.0 Å². The van der Waals surface area contributed by atoms with Crippen molar-refractivity contribution in [1.82, 2.24) is 14.5 Å². The number of H-pyrrole nitrogens is 1. The van der Waals surface area contributed by atoms with Crippen LogP contribution in [0.5, 0.6) is 11.5 Å². The highest BCUT2D eigenvalue weighted by Gasteiger charge is 2.14. The van der Waals surface area contributed by atoms with E-state index >= 15 is 0 Å². The number of hydrogen-bond donors (Lipinski definition) is 2. The molecule has 5 aromatic rings. The van der Waals surface area contributed by atoms with E-state index in [1.807, 2.05) is 36.4 Å². The lowest BCUT2D eigenvalue weighted by Gasteiger charge is -2.08. The largest absolute Gasteiger partial charge is 0.497 e. The Kier molecular flexibility index (Phi) is 4.32. The first-order valence-electron chi connectivity index (χ1n) is 9.68. The van der Waals surface area contributed by atoms with E-state index in [0.29, 0.717) is 0 Å². The van der Waals surface area contributed by atoms with Crippen molar-refractivity contribution in [3.63, 3.8) is 0 Å². The predicted octanol–water partition coefficient (Wildman–Crippen LogP) is 5.48. The molecule has 0 amide bonds. The van der Waals surface area contributed by atoms with E-state index in [-0.39, 0.29) is 0 Å². The van der Waals surface area contributed by atoms with Gasteiger partial charge < -0.3 is 24.3 Å². The van der Waals surface area contributed by atoms with Crippen molar-refractivity contribution >= 4 is 33.3 Å². The van der Waals surface area contributed by atoms with Crippen LogP contribution in [0, 0.1) is 0 Å². The maximum atomic E-state index is 5.43. The third-order valence-electron chi connectivity index (χ3n) is 5.39. The average molecular weight is 398 g/mol. The fourth-order valence-corrected chi connectivity index (χ4v) is 3.82. The summed E-state index contributed by atoms with van der Waals surface area (Å²) in [6, 6.07) is 18.1. The van der Waals surface area contributed by atoms with Gasteiger partial charge in [0.2, 0.25) is 0 Å². The second-order valence-electron chi connectivity index (χ2n) is 7.19. The van der Waals surface area contributed by atoms with Crippen molar-refractivity contribution in [2.75, 3.05) is 19.5 Å². The zero-order valence-electron chi connectivity index (χ0n) is 17.1. The Bertz CT molecular complexity index is 1350. The summed E-state index contributed by atoms with van der Waals surface area (Å²) in [5.74, 6) is 1.67. The Hall–Kier alpha value is -3.93. The highest BCUT2D eigenvalue weighted by atomic mass is 16.5. The molecule has 6 nitrogen and oxygen atoms in total. The molecular weight excluding hydrogens is 376 g/mol. The van der Waals surface area contributed by atoms with Gasteiger partial charge in [0.25, 0.3) is 0 Å². The fraction of sp³-hybridized carbons (Fsp3) is 0.125. The fourth-order valence-electron chi connectivity index (χ4n) is 3.82. The number of benzene rings is 2. The molecule has 6 heteroatoms. The summed E-state index contributed by atoms with van der Waals surface area (Å²) in [6.45, 7) is 0. The first-order chi connectivity index (χ1) is 14.7. The smallest absolute Gasteiger partial charge is 0.139 e. The number of nitrogens with zero attached hydrogens (tertiary/aromatic N) is 2. The van der Waals surface area contributed by atoms with Gasteiger partial charge in [-0.2, -0.15) is 0 Å². The minimum atomic E-state index is 0.829. The van der Waals surface area contributed by atoms with E-state index in [1.165, 1.54) is 0 Å². The molecule has 0 aliphatic carbocycles. The first kappa shape index (κ1) is 18.1. The zero-order valence-corrected chi connectivity index (χ0v) is 17.1. The van der Waals surface area contributed by atoms with Crippen LogP contribution in [0.2, 0.25) is 0 Å².